The molecule has 1 aromatic heterocycles. The van der Waals surface area contributed by atoms with Crippen molar-refractivity contribution in [1.82, 2.24) is 4.98 Å². The molecule has 0 fully saturated rings. The number of halogens is 1. The van der Waals surface area contributed by atoms with Crippen molar-refractivity contribution in [2.45, 2.75) is 11.3 Å². The van der Waals surface area contributed by atoms with Gasteiger partial charge in [0.05, 0.1) is 16.2 Å². The molecule has 0 saturated heterocycles. The maximum absolute atomic E-state index is 12.4. The number of carboxylic acids is 1. The fourth-order valence-electron chi connectivity index (χ4n) is 1.79. The van der Waals surface area contributed by atoms with E-state index < -0.39 is 15.8 Å². The van der Waals surface area contributed by atoms with Crippen molar-refractivity contribution in [3.05, 3.63) is 58.3 Å². The molecule has 1 heterocycles. The van der Waals surface area contributed by atoms with E-state index in [2.05, 4.69) is 20.9 Å². The third-order valence-electron chi connectivity index (χ3n) is 2.92. The highest BCUT2D eigenvalue weighted by Crippen LogP contribution is 2.25. The predicted molar refractivity (Wildman–Crippen MR) is 81.1 cm³/mol. The number of aromatic nitrogens is 1. The standard InChI is InChI=1S/C14H12BrNO4S/c15-12-2-1-11(14(17)18)9-13(12)21(19,20)8-5-10-3-6-16-7-4-10/h1-4,6-7,9H,5,8H2,(H,17,18). The van der Waals surface area contributed by atoms with Gasteiger partial charge in [-0.05, 0) is 58.2 Å². The second-order valence-corrected chi connectivity index (χ2v) is 7.31. The summed E-state index contributed by atoms with van der Waals surface area (Å²) in [6, 6.07) is 7.46. The van der Waals surface area contributed by atoms with Crippen LogP contribution in [-0.2, 0) is 16.3 Å². The van der Waals surface area contributed by atoms with Gasteiger partial charge in [-0.15, -0.1) is 0 Å². The number of hydrogen-bond donors (Lipinski definition) is 1. The molecule has 1 aromatic carbocycles. The van der Waals surface area contributed by atoms with Crippen molar-refractivity contribution in [3.63, 3.8) is 0 Å². The molecule has 7 heteroatoms. The second-order valence-electron chi connectivity index (χ2n) is 4.37. The molecule has 110 valence electrons. The summed E-state index contributed by atoms with van der Waals surface area (Å²) < 4.78 is 25.1. The first-order valence-corrected chi connectivity index (χ1v) is 8.49. The zero-order valence-corrected chi connectivity index (χ0v) is 13.3. The number of nitrogens with zero attached hydrogens (tertiary/aromatic N) is 1. The highest BCUT2D eigenvalue weighted by atomic mass is 79.9. The summed E-state index contributed by atoms with van der Waals surface area (Å²) in [5, 5.41) is 8.96. The van der Waals surface area contributed by atoms with E-state index in [1.807, 2.05) is 0 Å². The van der Waals surface area contributed by atoms with E-state index in [-0.39, 0.29) is 16.2 Å². The van der Waals surface area contributed by atoms with Gasteiger partial charge in [0.2, 0.25) is 0 Å². The summed E-state index contributed by atoms with van der Waals surface area (Å²) in [6.07, 6.45) is 3.54. The number of hydrogen-bond acceptors (Lipinski definition) is 4. The first-order chi connectivity index (χ1) is 9.90. The van der Waals surface area contributed by atoms with Crippen LogP contribution in [0.25, 0.3) is 0 Å². The number of benzene rings is 1. The number of sulfone groups is 1. The van der Waals surface area contributed by atoms with Crippen molar-refractivity contribution < 1.29 is 18.3 Å². The van der Waals surface area contributed by atoms with Crippen LogP contribution in [0.15, 0.2) is 52.1 Å². The van der Waals surface area contributed by atoms with Gasteiger partial charge in [-0.25, -0.2) is 13.2 Å². The average molecular weight is 370 g/mol. The van der Waals surface area contributed by atoms with Gasteiger partial charge in [-0.3, -0.25) is 4.98 Å². The lowest BCUT2D eigenvalue weighted by Gasteiger charge is -2.08. The highest BCUT2D eigenvalue weighted by molar-refractivity contribution is 9.10. The molecule has 0 amide bonds. The van der Waals surface area contributed by atoms with E-state index in [4.69, 9.17) is 5.11 Å². The zero-order chi connectivity index (χ0) is 15.5. The van der Waals surface area contributed by atoms with Gasteiger partial charge in [0, 0.05) is 16.9 Å². The predicted octanol–water partition coefficient (Wildman–Crippen LogP) is 2.56. The number of carboxylic acid groups (broad SMARTS) is 1. The molecule has 0 bridgehead atoms. The summed E-state index contributed by atoms with van der Waals surface area (Å²) in [7, 11) is -3.58. The zero-order valence-electron chi connectivity index (χ0n) is 10.9. The Bertz CT molecular complexity index is 760. The molecule has 0 aliphatic heterocycles. The molecule has 0 radical (unpaired) electrons. The normalized spacial score (nSPS) is 11.3. The Labute approximate surface area is 130 Å². The number of rotatable bonds is 5. The maximum Gasteiger partial charge on any atom is 0.335 e. The largest absolute Gasteiger partial charge is 0.478 e. The minimum Gasteiger partial charge on any atom is -0.478 e. The molecule has 21 heavy (non-hydrogen) atoms. The smallest absolute Gasteiger partial charge is 0.335 e. The van der Waals surface area contributed by atoms with Crippen LogP contribution in [0.4, 0.5) is 0 Å². The van der Waals surface area contributed by atoms with Crippen LogP contribution in [-0.4, -0.2) is 30.2 Å². The summed E-state index contributed by atoms with van der Waals surface area (Å²) in [5.74, 6) is -1.26. The fourth-order valence-corrected chi connectivity index (χ4v) is 4.17. The number of carbonyl (C=O) groups is 1. The van der Waals surface area contributed by atoms with Crippen LogP contribution in [0.5, 0.6) is 0 Å². The first-order valence-electron chi connectivity index (χ1n) is 6.04. The Balaban J connectivity index is 2.27. The van der Waals surface area contributed by atoms with Gasteiger partial charge in [-0.2, -0.15) is 0 Å². The van der Waals surface area contributed by atoms with Gasteiger partial charge in [0.25, 0.3) is 0 Å². The molecule has 2 rings (SSSR count). The molecule has 0 spiro atoms. The van der Waals surface area contributed by atoms with E-state index in [1.165, 1.54) is 18.2 Å². The van der Waals surface area contributed by atoms with Crippen LogP contribution in [0.1, 0.15) is 15.9 Å². The Morgan fingerprint density at radius 3 is 2.48 bits per heavy atom. The monoisotopic (exact) mass is 369 g/mol. The molecular weight excluding hydrogens is 358 g/mol. The lowest BCUT2D eigenvalue weighted by Crippen LogP contribution is -2.11. The fraction of sp³-hybridized carbons (Fsp3) is 0.143. The number of aromatic carboxylic acids is 1. The van der Waals surface area contributed by atoms with Gasteiger partial charge >= 0.3 is 5.97 Å². The first kappa shape index (κ1) is 15.7. The SMILES string of the molecule is O=C(O)c1ccc(Br)c(S(=O)(=O)CCc2ccncc2)c1. The Hall–Kier alpha value is -1.73. The Morgan fingerprint density at radius 1 is 1.19 bits per heavy atom. The van der Waals surface area contributed by atoms with Crippen molar-refractivity contribution in [2.24, 2.45) is 0 Å². The minimum absolute atomic E-state index is 0.00328. The quantitative estimate of drug-likeness (QED) is 0.875. The van der Waals surface area contributed by atoms with Crippen LogP contribution >= 0.6 is 15.9 Å². The maximum atomic E-state index is 12.4. The van der Waals surface area contributed by atoms with Crippen LogP contribution in [0.2, 0.25) is 0 Å². The second kappa shape index (κ2) is 6.36. The topological polar surface area (TPSA) is 84.3 Å². The molecular formula is C14H12BrNO4S. The molecule has 2 aromatic rings. The third kappa shape index (κ3) is 3.89. The van der Waals surface area contributed by atoms with Crippen molar-refractivity contribution in [3.8, 4) is 0 Å². The number of pyridine rings is 1. The molecule has 0 aliphatic rings. The summed E-state index contributed by atoms with van der Waals surface area (Å²) in [4.78, 5) is 14.8. The van der Waals surface area contributed by atoms with Crippen molar-refractivity contribution >= 4 is 31.7 Å². The Kier molecular flexibility index (Phi) is 4.74. The lowest BCUT2D eigenvalue weighted by atomic mass is 10.2. The molecule has 0 atom stereocenters. The minimum atomic E-state index is -3.58. The third-order valence-corrected chi connectivity index (χ3v) is 5.63. The van der Waals surface area contributed by atoms with Crippen LogP contribution in [0, 0.1) is 0 Å². The van der Waals surface area contributed by atoms with Crippen LogP contribution < -0.4 is 0 Å². The van der Waals surface area contributed by atoms with Gasteiger partial charge in [-0.1, -0.05) is 0 Å². The summed E-state index contributed by atoms with van der Waals surface area (Å²) >= 11 is 3.16. The molecule has 0 aliphatic carbocycles. The van der Waals surface area contributed by atoms with E-state index in [9.17, 15) is 13.2 Å². The lowest BCUT2D eigenvalue weighted by molar-refractivity contribution is 0.0696. The summed E-state index contributed by atoms with van der Waals surface area (Å²) in [5.41, 5.74) is 0.805. The van der Waals surface area contributed by atoms with E-state index in [0.29, 0.717) is 10.9 Å². The Morgan fingerprint density at radius 2 is 1.86 bits per heavy atom. The summed E-state index contributed by atoms with van der Waals surface area (Å²) in [6.45, 7) is 0. The van der Waals surface area contributed by atoms with Crippen molar-refractivity contribution in [2.75, 3.05) is 5.75 Å². The highest BCUT2D eigenvalue weighted by Gasteiger charge is 2.20. The van der Waals surface area contributed by atoms with Crippen molar-refractivity contribution in [1.29, 1.82) is 0 Å². The van der Waals surface area contributed by atoms with E-state index in [1.54, 1.807) is 24.5 Å². The average Bonchev–Trinajstić information content (AvgIpc) is 2.46. The number of aryl methyl sites for hydroxylation is 1. The molecule has 0 unspecified atom stereocenters. The van der Waals surface area contributed by atoms with Gasteiger partial charge < -0.3 is 5.11 Å². The van der Waals surface area contributed by atoms with Crippen LogP contribution in [0.3, 0.4) is 0 Å². The van der Waals surface area contributed by atoms with E-state index >= 15 is 0 Å². The molecule has 0 saturated carbocycles. The molecule has 1 N–H and O–H groups in total. The van der Waals surface area contributed by atoms with Gasteiger partial charge in [0.15, 0.2) is 9.84 Å². The van der Waals surface area contributed by atoms with E-state index in [0.717, 1.165) is 5.56 Å². The molecule has 5 nitrogen and oxygen atoms in total. The van der Waals surface area contributed by atoms with Gasteiger partial charge in [0.1, 0.15) is 0 Å².